The van der Waals surface area contributed by atoms with Crippen molar-refractivity contribution in [3.63, 3.8) is 0 Å². The smallest absolute Gasteiger partial charge is 0.317 e. The van der Waals surface area contributed by atoms with Crippen LogP contribution in [0.1, 0.15) is 34.7 Å². The molecular formula is C12H16N2O2S. The molecule has 1 N–H and O–H groups in total. The van der Waals surface area contributed by atoms with E-state index in [1.807, 2.05) is 6.92 Å². The summed E-state index contributed by atoms with van der Waals surface area (Å²) in [6.07, 6.45) is 0.387. The number of urea groups is 1. The predicted molar refractivity (Wildman–Crippen MR) is 67.1 cm³/mol. The highest BCUT2D eigenvalue weighted by molar-refractivity contribution is 7.12. The first-order valence-electron chi connectivity index (χ1n) is 5.66. The highest BCUT2D eigenvalue weighted by atomic mass is 32.1. The lowest BCUT2D eigenvalue weighted by molar-refractivity contribution is -0.121. The van der Waals surface area contributed by atoms with Crippen LogP contribution >= 0.6 is 11.3 Å². The molecule has 0 bridgehead atoms. The molecule has 2 rings (SSSR count). The van der Waals surface area contributed by atoms with Crippen molar-refractivity contribution >= 4 is 23.3 Å². The number of carbonyl (C=O) groups is 2. The van der Waals surface area contributed by atoms with Crippen molar-refractivity contribution in [2.75, 3.05) is 6.54 Å². The van der Waals surface area contributed by atoms with Gasteiger partial charge < -0.3 is 4.90 Å². The van der Waals surface area contributed by atoms with Crippen LogP contribution in [0.4, 0.5) is 4.79 Å². The van der Waals surface area contributed by atoms with Crippen LogP contribution in [0.3, 0.4) is 0 Å². The Labute approximate surface area is 105 Å². The number of amides is 3. The Balaban J connectivity index is 2.20. The second-order valence-electron chi connectivity index (χ2n) is 4.34. The average molecular weight is 252 g/mol. The minimum Gasteiger partial charge on any atom is -0.317 e. The maximum absolute atomic E-state index is 11.7. The first kappa shape index (κ1) is 12.1. The molecule has 1 aromatic rings. The van der Waals surface area contributed by atoms with Crippen molar-refractivity contribution in [3.8, 4) is 0 Å². The summed E-state index contributed by atoms with van der Waals surface area (Å²) in [7, 11) is 0. The third kappa shape index (κ3) is 2.34. The number of imide groups is 1. The van der Waals surface area contributed by atoms with E-state index in [0.717, 1.165) is 0 Å². The van der Waals surface area contributed by atoms with Crippen LogP contribution in [0, 0.1) is 13.8 Å². The third-order valence-corrected chi connectivity index (χ3v) is 4.07. The van der Waals surface area contributed by atoms with Gasteiger partial charge in [-0.1, -0.05) is 0 Å². The van der Waals surface area contributed by atoms with E-state index < -0.39 is 0 Å². The molecule has 2 heterocycles. The fourth-order valence-corrected chi connectivity index (χ4v) is 3.20. The standard InChI is InChI=1S/C12H16N2O2S/c1-7-6-10(9(3)17-7)8(2)14-5-4-11(15)13-12(14)16/h6,8H,4-5H2,1-3H3,(H,13,15,16). The molecule has 4 nitrogen and oxygen atoms in total. The molecule has 1 aromatic heterocycles. The Bertz CT molecular complexity index is 467. The van der Waals surface area contributed by atoms with Gasteiger partial charge in [-0.2, -0.15) is 0 Å². The molecule has 1 atom stereocenters. The van der Waals surface area contributed by atoms with E-state index in [2.05, 4.69) is 25.2 Å². The Morgan fingerprint density at radius 2 is 2.12 bits per heavy atom. The SMILES string of the molecule is Cc1cc(C(C)N2CCC(=O)NC2=O)c(C)s1. The molecule has 0 saturated carbocycles. The van der Waals surface area contributed by atoms with E-state index in [0.29, 0.717) is 13.0 Å². The number of aryl methyl sites for hydroxylation is 2. The quantitative estimate of drug-likeness (QED) is 0.878. The number of rotatable bonds is 2. The molecule has 1 aliphatic heterocycles. The highest BCUT2D eigenvalue weighted by Crippen LogP contribution is 2.30. The van der Waals surface area contributed by atoms with Crippen molar-refractivity contribution in [2.45, 2.75) is 33.2 Å². The lowest BCUT2D eigenvalue weighted by Crippen LogP contribution is -2.50. The topological polar surface area (TPSA) is 49.4 Å². The average Bonchev–Trinajstić information content (AvgIpc) is 2.57. The number of hydrogen-bond donors (Lipinski definition) is 1. The van der Waals surface area contributed by atoms with Gasteiger partial charge in [-0.05, 0) is 32.4 Å². The molecule has 0 aliphatic carbocycles. The number of carbonyl (C=O) groups excluding carboxylic acids is 2. The Morgan fingerprint density at radius 3 is 2.65 bits per heavy atom. The normalized spacial score (nSPS) is 18.2. The number of thiophene rings is 1. The molecule has 3 amide bonds. The molecule has 17 heavy (non-hydrogen) atoms. The van der Waals surface area contributed by atoms with Crippen LogP contribution in [0.15, 0.2) is 6.07 Å². The predicted octanol–water partition coefficient (Wildman–Crippen LogP) is 2.37. The minimum absolute atomic E-state index is 0.0213. The van der Waals surface area contributed by atoms with Gasteiger partial charge in [-0.3, -0.25) is 10.1 Å². The first-order chi connectivity index (χ1) is 7.99. The second kappa shape index (κ2) is 4.49. The van der Waals surface area contributed by atoms with E-state index in [1.165, 1.54) is 15.3 Å². The van der Waals surface area contributed by atoms with Crippen molar-refractivity contribution in [2.24, 2.45) is 0 Å². The molecule has 1 fully saturated rings. The summed E-state index contributed by atoms with van der Waals surface area (Å²) in [5, 5.41) is 2.36. The Hall–Kier alpha value is -1.36. The van der Waals surface area contributed by atoms with E-state index in [1.54, 1.807) is 16.2 Å². The first-order valence-corrected chi connectivity index (χ1v) is 6.48. The molecule has 1 saturated heterocycles. The number of hydrogen-bond acceptors (Lipinski definition) is 3. The summed E-state index contributed by atoms with van der Waals surface area (Å²) in [5.41, 5.74) is 1.18. The highest BCUT2D eigenvalue weighted by Gasteiger charge is 2.28. The van der Waals surface area contributed by atoms with Gasteiger partial charge in [-0.25, -0.2) is 4.79 Å². The Morgan fingerprint density at radius 1 is 1.41 bits per heavy atom. The number of nitrogens with one attached hydrogen (secondary N) is 1. The summed E-state index contributed by atoms with van der Waals surface area (Å²) in [6.45, 7) is 6.63. The van der Waals surface area contributed by atoms with Gasteiger partial charge in [0.25, 0.3) is 0 Å². The van der Waals surface area contributed by atoms with Gasteiger partial charge in [0.2, 0.25) is 5.91 Å². The lowest BCUT2D eigenvalue weighted by atomic mass is 10.1. The van der Waals surface area contributed by atoms with Crippen LogP contribution in [-0.2, 0) is 4.79 Å². The van der Waals surface area contributed by atoms with Gasteiger partial charge in [0, 0.05) is 22.7 Å². The molecule has 5 heteroatoms. The summed E-state index contributed by atoms with van der Waals surface area (Å²) in [5.74, 6) is -0.184. The van der Waals surface area contributed by atoms with Crippen molar-refractivity contribution in [3.05, 3.63) is 21.4 Å². The zero-order valence-corrected chi connectivity index (χ0v) is 11.1. The van der Waals surface area contributed by atoms with Crippen LogP contribution in [0.25, 0.3) is 0 Å². The third-order valence-electron chi connectivity index (χ3n) is 3.08. The summed E-state index contributed by atoms with van der Waals surface area (Å²) in [6, 6.07) is 1.86. The van der Waals surface area contributed by atoms with Crippen molar-refractivity contribution in [1.29, 1.82) is 0 Å². The molecule has 0 aromatic carbocycles. The maximum Gasteiger partial charge on any atom is 0.324 e. The van der Waals surface area contributed by atoms with E-state index in [-0.39, 0.29) is 18.0 Å². The molecule has 0 spiro atoms. The lowest BCUT2D eigenvalue weighted by Gasteiger charge is -2.32. The van der Waals surface area contributed by atoms with E-state index >= 15 is 0 Å². The van der Waals surface area contributed by atoms with Crippen LogP contribution < -0.4 is 5.32 Å². The minimum atomic E-state index is -0.281. The van der Waals surface area contributed by atoms with Crippen LogP contribution in [-0.4, -0.2) is 23.4 Å². The van der Waals surface area contributed by atoms with Crippen LogP contribution in [0.5, 0.6) is 0 Å². The Kier molecular flexibility index (Phi) is 3.19. The van der Waals surface area contributed by atoms with Gasteiger partial charge >= 0.3 is 6.03 Å². The molecule has 1 unspecified atom stereocenters. The van der Waals surface area contributed by atoms with Crippen LogP contribution in [0.2, 0.25) is 0 Å². The second-order valence-corrected chi connectivity index (χ2v) is 5.80. The molecule has 1 aliphatic rings. The zero-order chi connectivity index (χ0) is 12.6. The fourth-order valence-electron chi connectivity index (χ4n) is 2.18. The summed E-state index contributed by atoms with van der Waals surface area (Å²) in [4.78, 5) is 27.0. The van der Waals surface area contributed by atoms with Crippen molar-refractivity contribution < 1.29 is 9.59 Å². The molecule has 0 radical (unpaired) electrons. The fraction of sp³-hybridized carbons (Fsp3) is 0.500. The molecular weight excluding hydrogens is 236 g/mol. The summed E-state index contributed by atoms with van der Waals surface area (Å²) >= 11 is 1.74. The number of nitrogens with zero attached hydrogens (tertiary/aromatic N) is 1. The molecule has 92 valence electrons. The van der Waals surface area contributed by atoms with Gasteiger partial charge in [0.05, 0.1) is 6.04 Å². The van der Waals surface area contributed by atoms with Crippen molar-refractivity contribution in [1.82, 2.24) is 10.2 Å². The monoisotopic (exact) mass is 252 g/mol. The zero-order valence-electron chi connectivity index (χ0n) is 10.2. The maximum atomic E-state index is 11.7. The van der Waals surface area contributed by atoms with E-state index in [4.69, 9.17) is 0 Å². The van der Waals surface area contributed by atoms with Gasteiger partial charge in [0.1, 0.15) is 0 Å². The summed E-state index contributed by atoms with van der Waals surface area (Å²) < 4.78 is 0. The van der Waals surface area contributed by atoms with Gasteiger partial charge in [-0.15, -0.1) is 11.3 Å². The van der Waals surface area contributed by atoms with E-state index in [9.17, 15) is 9.59 Å². The largest absolute Gasteiger partial charge is 0.324 e. The van der Waals surface area contributed by atoms with Gasteiger partial charge in [0.15, 0.2) is 0 Å².